The maximum absolute atomic E-state index is 10.1. The van der Waals surface area contributed by atoms with E-state index in [1.165, 1.54) is 24.9 Å². The summed E-state index contributed by atoms with van der Waals surface area (Å²) >= 11 is 0. The summed E-state index contributed by atoms with van der Waals surface area (Å²) in [5.41, 5.74) is 1.28. The van der Waals surface area contributed by atoms with E-state index in [0.29, 0.717) is 5.92 Å². The summed E-state index contributed by atoms with van der Waals surface area (Å²) < 4.78 is 0. The Bertz CT molecular complexity index is 323. The molecule has 1 heterocycles. The maximum Gasteiger partial charge on any atom is 0.0633 e. The Hall–Kier alpha value is -0.860. The van der Waals surface area contributed by atoms with E-state index < -0.39 is 0 Å². The highest BCUT2D eigenvalue weighted by Gasteiger charge is 2.28. The molecule has 0 saturated carbocycles. The van der Waals surface area contributed by atoms with Gasteiger partial charge in [0.15, 0.2) is 0 Å². The van der Waals surface area contributed by atoms with Gasteiger partial charge in [0.2, 0.25) is 0 Å². The molecule has 0 spiro atoms. The summed E-state index contributed by atoms with van der Waals surface area (Å²) in [6, 6.07) is 10.4. The van der Waals surface area contributed by atoms with Crippen LogP contribution in [0.15, 0.2) is 30.3 Å². The van der Waals surface area contributed by atoms with Crippen molar-refractivity contribution >= 4 is 0 Å². The van der Waals surface area contributed by atoms with Crippen LogP contribution in [0.3, 0.4) is 0 Å². The number of benzene rings is 1. The molecule has 1 aliphatic rings. The van der Waals surface area contributed by atoms with Crippen LogP contribution >= 0.6 is 0 Å². The Kier molecular flexibility index (Phi) is 4.57. The monoisotopic (exact) mass is 233 g/mol. The third-order valence-electron chi connectivity index (χ3n) is 3.72. The number of aliphatic hydroxyl groups excluding tert-OH is 1. The third-order valence-corrected chi connectivity index (χ3v) is 3.72. The second-order valence-electron chi connectivity index (χ2n) is 5.03. The minimum Gasteiger partial charge on any atom is -0.392 e. The van der Waals surface area contributed by atoms with Gasteiger partial charge in [0, 0.05) is 19.0 Å². The summed E-state index contributed by atoms with van der Waals surface area (Å²) in [6.45, 7) is 5.45. The number of aliphatic hydroxyl groups is 1. The predicted octanol–water partition coefficient (Wildman–Crippen LogP) is 2.64. The van der Waals surface area contributed by atoms with Crippen molar-refractivity contribution in [2.24, 2.45) is 0 Å². The number of hydrogen-bond acceptors (Lipinski definition) is 2. The first-order valence-corrected chi connectivity index (χ1v) is 6.76. The van der Waals surface area contributed by atoms with E-state index in [1.807, 2.05) is 6.07 Å². The van der Waals surface area contributed by atoms with Crippen molar-refractivity contribution in [3.05, 3.63) is 35.9 Å². The van der Waals surface area contributed by atoms with Crippen LogP contribution in [0.2, 0.25) is 0 Å². The van der Waals surface area contributed by atoms with E-state index in [9.17, 15) is 5.11 Å². The summed E-state index contributed by atoms with van der Waals surface area (Å²) in [6.07, 6.45) is 3.24. The van der Waals surface area contributed by atoms with Crippen LogP contribution < -0.4 is 0 Å². The van der Waals surface area contributed by atoms with Crippen LogP contribution in [0.5, 0.6) is 0 Å². The van der Waals surface area contributed by atoms with Crippen molar-refractivity contribution in [1.29, 1.82) is 0 Å². The summed E-state index contributed by atoms with van der Waals surface area (Å²) in [4.78, 5) is 2.49. The van der Waals surface area contributed by atoms with E-state index >= 15 is 0 Å². The number of piperidine rings is 1. The topological polar surface area (TPSA) is 23.5 Å². The van der Waals surface area contributed by atoms with Crippen molar-refractivity contribution in [2.75, 3.05) is 19.6 Å². The Labute approximate surface area is 104 Å². The largest absolute Gasteiger partial charge is 0.392 e. The highest BCUT2D eigenvalue weighted by atomic mass is 16.3. The van der Waals surface area contributed by atoms with Gasteiger partial charge in [-0.15, -0.1) is 0 Å². The molecule has 1 aliphatic heterocycles. The maximum atomic E-state index is 10.1. The molecule has 2 atom stereocenters. The molecule has 1 N–H and O–H groups in total. The van der Waals surface area contributed by atoms with E-state index in [4.69, 9.17) is 0 Å². The highest BCUT2D eigenvalue weighted by molar-refractivity contribution is 5.21. The van der Waals surface area contributed by atoms with Crippen LogP contribution in [0.25, 0.3) is 0 Å². The molecule has 2 heteroatoms. The van der Waals surface area contributed by atoms with Crippen LogP contribution in [-0.2, 0) is 0 Å². The van der Waals surface area contributed by atoms with Gasteiger partial charge in [-0.2, -0.15) is 0 Å². The molecule has 94 valence electrons. The Morgan fingerprint density at radius 1 is 1.29 bits per heavy atom. The van der Waals surface area contributed by atoms with Crippen LogP contribution in [0.4, 0.5) is 0 Å². The lowest BCUT2D eigenvalue weighted by molar-refractivity contribution is 0.0595. The molecule has 0 aliphatic carbocycles. The van der Waals surface area contributed by atoms with Crippen molar-refractivity contribution < 1.29 is 5.11 Å². The van der Waals surface area contributed by atoms with Gasteiger partial charge in [-0.05, 0) is 24.9 Å². The van der Waals surface area contributed by atoms with Gasteiger partial charge in [0.25, 0.3) is 0 Å². The zero-order chi connectivity index (χ0) is 12.1. The van der Waals surface area contributed by atoms with Gasteiger partial charge in [-0.3, -0.25) is 0 Å². The van der Waals surface area contributed by atoms with Crippen LogP contribution in [0.1, 0.15) is 37.7 Å². The molecule has 1 aromatic rings. The molecule has 0 radical (unpaired) electrons. The normalized spacial score (nSPS) is 26.0. The van der Waals surface area contributed by atoms with Crippen molar-refractivity contribution in [3.8, 4) is 0 Å². The van der Waals surface area contributed by atoms with Gasteiger partial charge in [-0.25, -0.2) is 0 Å². The van der Waals surface area contributed by atoms with E-state index in [-0.39, 0.29) is 6.10 Å². The number of rotatable bonds is 4. The molecule has 2 nitrogen and oxygen atoms in total. The average molecular weight is 233 g/mol. The molecule has 0 amide bonds. The Balaban J connectivity index is 2.00. The molecular weight excluding hydrogens is 210 g/mol. The number of unbranched alkanes of at least 4 members (excludes halogenated alkanes) is 1. The van der Waals surface area contributed by atoms with Crippen LogP contribution in [0, 0.1) is 0 Å². The minimum atomic E-state index is -0.171. The van der Waals surface area contributed by atoms with Gasteiger partial charge in [0.1, 0.15) is 0 Å². The van der Waals surface area contributed by atoms with Crippen molar-refractivity contribution in [1.82, 2.24) is 4.90 Å². The second kappa shape index (κ2) is 6.18. The first kappa shape index (κ1) is 12.6. The lowest BCUT2D eigenvalue weighted by Crippen LogP contribution is -2.42. The molecule has 0 aromatic heterocycles. The van der Waals surface area contributed by atoms with Crippen molar-refractivity contribution in [3.63, 3.8) is 0 Å². The quantitative estimate of drug-likeness (QED) is 0.864. The third kappa shape index (κ3) is 3.30. The molecule has 2 unspecified atom stereocenters. The average Bonchev–Trinajstić information content (AvgIpc) is 2.39. The summed E-state index contributed by atoms with van der Waals surface area (Å²) in [5.74, 6) is 0.293. The summed E-state index contributed by atoms with van der Waals surface area (Å²) in [7, 11) is 0. The minimum absolute atomic E-state index is 0.171. The number of hydrogen-bond donors (Lipinski definition) is 1. The SMILES string of the molecule is CCCCN1CCC(O)C(c2ccccc2)C1. The fourth-order valence-corrected chi connectivity index (χ4v) is 2.62. The molecular formula is C15H23NO. The van der Waals surface area contributed by atoms with E-state index in [2.05, 4.69) is 36.1 Å². The van der Waals surface area contributed by atoms with Gasteiger partial charge in [0.05, 0.1) is 6.10 Å². The fourth-order valence-electron chi connectivity index (χ4n) is 2.62. The lowest BCUT2D eigenvalue weighted by Gasteiger charge is -2.36. The zero-order valence-electron chi connectivity index (χ0n) is 10.7. The van der Waals surface area contributed by atoms with E-state index in [0.717, 1.165) is 19.5 Å². The molecule has 2 rings (SSSR count). The standard InChI is InChI=1S/C15H23NO/c1-2-3-10-16-11-9-15(17)14(12-16)13-7-5-4-6-8-13/h4-8,14-15,17H,2-3,9-12H2,1H3. The molecule has 0 bridgehead atoms. The van der Waals surface area contributed by atoms with E-state index in [1.54, 1.807) is 0 Å². The van der Waals surface area contributed by atoms with Gasteiger partial charge >= 0.3 is 0 Å². The van der Waals surface area contributed by atoms with Crippen molar-refractivity contribution in [2.45, 2.75) is 38.2 Å². The Morgan fingerprint density at radius 3 is 2.76 bits per heavy atom. The van der Waals surface area contributed by atoms with Crippen LogP contribution in [-0.4, -0.2) is 35.7 Å². The summed E-state index contributed by atoms with van der Waals surface area (Å²) in [5, 5.41) is 10.1. The molecule has 1 aromatic carbocycles. The molecule has 1 saturated heterocycles. The first-order chi connectivity index (χ1) is 8.31. The molecule has 17 heavy (non-hydrogen) atoms. The Morgan fingerprint density at radius 2 is 2.06 bits per heavy atom. The zero-order valence-corrected chi connectivity index (χ0v) is 10.7. The fraction of sp³-hybridized carbons (Fsp3) is 0.600. The van der Waals surface area contributed by atoms with Gasteiger partial charge in [-0.1, -0.05) is 43.7 Å². The number of nitrogens with zero attached hydrogens (tertiary/aromatic N) is 1. The highest BCUT2D eigenvalue weighted by Crippen LogP contribution is 2.27. The second-order valence-corrected chi connectivity index (χ2v) is 5.03. The number of likely N-dealkylation sites (tertiary alicyclic amines) is 1. The molecule has 1 fully saturated rings. The first-order valence-electron chi connectivity index (χ1n) is 6.76. The lowest BCUT2D eigenvalue weighted by atomic mass is 9.88. The predicted molar refractivity (Wildman–Crippen MR) is 71.2 cm³/mol. The smallest absolute Gasteiger partial charge is 0.0633 e. The van der Waals surface area contributed by atoms with Gasteiger partial charge < -0.3 is 10.0 Å².